The summed E-state index contributed by atoms with van der Waals surface area (Å²) in [6, 6.07) is 11.0. The average molecular weight is 273 g/mol. The molecule has 2 nitrogen and oxygen atoms in total. The van der Waals surface area contributed by atoms with E-state index in [9.17, 15) is 4.39 Å². The largest absolute Gasteiger partial charge is 0.496 e. The lowest BCUT2D eigenvalue weighted by Crippen LogP contribution is -2.19. The van der Waals surface area contributed by atoms with E-state index in [-0.39, 0.29) is 11.9 Å². The Bertz CT molecular complexity index is 590. The number of hydrogen-bond donors (Lipinski definition) is 1. The van der Waals surface area contributed by atoms with Crippen LogP contribution in [0.25, 0.3) is 0 Å². The van der Waals surface area contributed by atoms with Crippen LogP contribution in [0.15, 0.2) is 36.4 Å². The molecule has 0 aromatic heterocycles. The Morgan fingerprint density at radius 2 is 1.80 bits per heavy atom. The Balaban J connectivity index is 2.54. The topological polar surface area (TPSA) is 21.3 Å². The smallest absolute Gasteiger partial charge is 0.123 e. The molecular weight excluding hydrogens is 253 g/mol. The Labute approximate surface area is 119 Å². The van der Waals surface area contributed by atoms with Gasteiger partial charge in [0.25, 0.3) is 0 Å². The van der Waals surface area contributed by atoms with Crippen LogP contribution in [0.3, 0.4) is 0 Å². The zero-order chi connectivity index (χ0) is 14.7. The molecule has 0 aliphatic carbocycles. The van der Waals surface area contributed by atoms with Crippen LogP contribution < -0.4 is 10.1 Å². The second-order valence-corrected chi connectivity index (χ2v) is 5.03. The molecule has 1 atom stereocenters. The summed E-state index contributed by atoms with van der Waals surface area (Å²) in [5.41, 5.74) is 3.97. The fourth-order valence-electron chi connectivity index (χ4n) is 2.51. The highest BCUT2D eigenvalue weighted by molar-refractivity contribution is 5.44. The second-order valence-electron chi connectivity index (χ2n) is 5.03. The maximum absolute atomic E-state index is 13.6. The summed E-state index contributed by atoms with van der Waals surface area (Å²) in [5, 5.41) is 3.24. The van der Waals surface area contributed by atoms with Gasteiger partial charge in [0.2, 0.25) is 0 Å². The number of aryl methyl sites for hydroxylation is 2. The zero-order valence-electron chi connectivity index (χ0n) is 12.3. The predicted molar refractivity (Wildman–Crippen MR) is 79.8 cm³/mol. The minimum Gasteiger partial charge on any atom is -0.496 e. The number of rotatable bonds is 4. The Kier molecular flexibility index (Phi) is 4.40. The lowest BCUT2D eigenvalue weighted by atomic mass is 9.95. The Morgan fingerprint density at radius 1 is 1.05 bits per heavy atom. The van der Waals surface area contributed by atoms with Gasteiger partial charge in [-0.2, -0.15) is 0 Å². The first-order valence-electron chi connectivity index (χ1n) is 6.64. The van der Waals surface area contributed by atoms with Crippen molar-refractivity contribution in [3.05, 3.63) is 64.5 Å². The Morgan fingerprint density at radius 3 is 2.40 bits per heavy atom. The van der Waals surface area contributed by atoms with Gasteiger partial charge in [0.15, 0.2) is 0 Å². The molecule has 0 spiro atoms. The van der Waals surface area contributed by atoms with Crippen molar-refractivity contribution in [2.45, 2.75) is 19.9 Å². The molecule has 0 fully saturated rings. The van der Waals surface area contributed by atoms with Gasteiger partial charge in [-0.15, -0.1) is 0 Å². The molecule has 0 amide bonds. The number of methoxy groups -OCH3 is 1. The summed E-state index contributed by atoms with van der Waals surface area (Å²) >= 11 is 0. The molecule has 2 aromatic carbocycles. The highest BCUT2D eigenvalue weighted by Crippen LogP contribution is 2.31. The van der Waals surface area contributed by atoms with Gasteiger partial charge in [-0.3, -0.25) is 0 Å². The fourth-order valence-corrected chi connectivity index (χ4v) is 2.51. The van der Waals surface area contributed by atoms with Crippen LogP contribution in [-0.4, -0.2) is 14.2 Å². The third-order valence-electron chi connectivity index (χ3n) is 3.38. The molecule has 20 heavy (non-hydrogen) atoms. The monoisotopic (exact) mass is 273 g/mol. The van der Waals surface area contributed by atoms with Gasteiger partial charge in [0.05, 0.1) is 13.2 Å². The molecule has 3 heteroatoms. The standard InChI is InChI=1S/C17H20FNO/c1-11-5-6-16(20-4)15(9-11)17(19-3)13-7-12(2)8-14(18)10-13/h5-10,17,19H,1-4H3. The molecule has 2 rings (SSSR count). The van der Waals surface area contributed by atoms with E-state index in [0.29, 0.717) is 0 Å². The van der Waals surface area contributed by atoms with E-state index < -0.39 is 0 Å². The minimum atomic E-state index is -0.216. The van der Waals surface area contributed by atoms with Gasteiger partial charge in [-0.25, -0.2) is 4.39 Å². The highest BCUT2D eigenvalue weighted by atomic mass is 19.1. The van der Waals surface area contributed by atoms with Crippen molar-refractivity contribution in [2.75, 3.05) is 14.2 Å². The van der Waals surface area contributed by atoms with E-state index in [2.05, 4.69) is 11.4 Å². The van der Waals surface area contributed by atoms with Crippen LogP contribution >= 0.6 is 0 Å². The lowest BCUT2D eigenvalue weighted by Gasteiger charge is -2.21. The van der Waals surface area contributed by atoms with Gasteiger partial charge in [0.1, 0.15) is 11.6 Å². The third kappa shape index (κ3) is 2.99. The van der Waals surface area contributed by atoms with Gasteiger partial charge in [-0.05, 0) is 50.2 Å². The van der Waals surface area contributed by atoms with E-state index in [0.717, 1.165) is 28.0 Å². The van der Waals surface area contributed by atoms with E-state index in [4.69, 9.17) is 4.74 Å². The normalized spacial score (nSPS) is 12.2. The minimum absolute atomic E-state index is 0.0979. The number of nitrogens with one attached hydrogen (secondary N) is 1. The first-order chi connectivity index (χ1) is 9.55. The summed E-state index contributed by atoms with van der Waals surface area (Å²) in [4.78, 5) is 0. The molecule has 0 bridgehead atoms. The van der Waals surface area contributed by atoms with E-state index in [1.807, 2.05) is 39.1 Å². The van der Waals surface area contributed by atoms with Gasteiger partial charge in [-0.1, -0.05) is 23.8 Å². The second kappa shape index (κ2) is 6.06. The fraction of sp³-hybridized carbons (Fsp3) is 0.294. The molecule has 0 radical (unpaired) electrons. The van der Waals surface area contributed by atoms with Crippen LogP contribution in [0.2, 0.25) is 0 Å². The molecule has 106 valence electrons. The van der Waals surface area contributed by atoms with Gasteiger partial charge < -0.3 is 10.1 Å². The first kappa shape index (κ1) is 14.5. The number of benzene rings is 2. The quantitative estimate of drug-likeness (QED) is 0.915. The van der Waals surface area contributed by atoms with Crippen molar-refractivity contribution in [3.8, 4) is 5.75 Å². The molecule has 0 aliphatic rings. The van der Waals surface area contributed by atoms with Crippen molar-refractivity contribution in [3.63, 3.8) is 0 Å². The van der Waals surface area contributed by atoms with E-state index in [1.54, 1.807) is 13.2 Å². The molecule has 1 unspecified atom stereocenters. The molecule has 0 saturated carbocycles. The van der Waals surface area contributed by atoms with Crippen LogP contribution in [0.5, 0.6) is 5.75 Å². The SMILES string of the molecule is CNC(c1cc(C)cc(F)c1)c1cc(C)ccc1OC. The van der Waals surface area contributed by atoms with E-state index >= 15 is 0 Å². The van der Waals surface area contributed by atoms with Crippen molar-refractivity contribution in [1.29, 1.82) is 0 Å². The molecule has 0 saturated heterocycles. The first-order valence-corrected chi connectivity index (χ1v) is 6.64. The number of hydrogen-bond acceptors (Lipinski definition) is 2. The lowest BCUT2D eigenvalue weighted by molar-refractivity contribution is 0.405. The maximum Gasteiger partial charge on any atom is 0.123 e. The molecule has 1 N–H and O–H groups in total. The van der Waals surface area contributed by atoms with Crippen molar-refractivity contribution < 1.29 is 9.13 Å². The van der Waals surface area contributed by atoms with Gasteiger partial charge >= 0.3 is 0 Å². The Hall–Kier alpha value is -1.87. The van der Waals surface area contributed by atoms with Crippen LogP contribution in [-0.2, 0) is 0 Å². The summed E-state index contributed by atoms with van der Waals surface area (Å²) in [6.07, 6.45) is 0. The van der Waals surface area contributed by atoms with Crippen molar-refractivity contribution in [2.24, 2.45) is 0 Å². The predicted octanol–water partition coefficient (Wildman–Crippen LogP) is 3.76. The average Bonchev–Trinajstić information content (AvgIpc) is 2.39. The summed E-state index contributed by atoms with van der Waals surface area (Å²) in [5.74, 6) is 0.587. The number of halogens is 1. The summed E-state index contributed by atoms with van der Waals surface area (Å²) < 4.78 is 19.1. The van der Waals surface area contributed by atoms with Crippen LogP contribution in [0.1, 0.15) is 28.3 Å². The highest BCUT2D eigenvalue weighted by Gasteiger charge is 2.17. The van der Waals surface area contributed by atoms with Gasteiger partial charge in [0, 0.05) is 5.56 Å². The summed E-state index contributed by atoms with van der Waals surface area (Å²) in [7, 11) is 3.52. The molecule has 2 aromatic rings. The van der Waals surface area contributed by atoms with Crippen molar-refractivity contribution in [1.82, 2.24) is 5.32 Å². The van der Waals surface area contributed by atoms with E-state index in [1.165, 1.54) is 6.07 Å². The maximum atomic E-state index is 13.6. The molecule has 0 heterocycles. The van der Waals surface area contributed by atoms with Crippen LogP contribution in [0, 0.1) is 19.7 Å². The molecular formula is C17H20FNO. The molecule has 0 aliphatic heterocycles. The zero-order valence-corrected chi connectivity index (χ0v) is 12.3. The van der Waals surface area contributed by atoms with Crippen molar-refractivity contribution >= 4 is 0 Å². The number of ether oxygens (including phenoxy) is 1. The third-order valence-corrected chi connectivity index (χ3v) is 3.38. The summed E-state index contributed by atoms with van der Waals surface area (Å²) in [6.45, 7) is 3.93. The van der Waals surface area contributed by atoms with Crippen LogP contribution in [0.4, 0.5) is 4.39 Å².